The van der Waals surface area contributed by atoms with Crippen molar-refractivity contribution in [3.05, 3.63) is 29.3 Å². The zero-order chi connectivity index (χ0) is 13.4. The Bertz CT molecular complexity index is 460. The van der Waals surface area contributed by atoms with Gasteiger partial charge in [0.05, 0.1) is 6.10 Å². The second-order valence-corrected chi connectivity index (χ2v) is 6.14. The predicted molar refractivity (Wildman–Crippen MR) is 78.4 cm³/mol. The summed E-state index contributed by atoms with van der Waals surface area (Å²) < 4.78 is 0. The van der Waals surface area contributed by atoms with Crippen LogP contribution in [0.3, 0.4) is 0 Å². The molecule has 0 spiro atoms. The Balaban J connectivity index is 1.83. The first-order valence-electron chi connectivity index (χ1n) is 7.36. The van der Waals surface area contributed by atoms with Gasteiger partial charge in [-0.15, -0.1) is 0 Å². The summed E-state index contributed by atoms with van der Waals surface area (Å²) >= 11 is 0. The molecule has 0 bridgehead atoms. The first kappa shape index (κ1) is 12.9. The van der Waals surface area contributed by atoms with E-state index in [-0.39, 0.29) is 6.10 Å². The highest BCUT2D eigenvalue weighted by atomic mass is 16.3. The number of fused-ring (bicyclic) bond motifs is 1. The summed E-state index contributed by atoms with van der Waals surface area (Å²) in [6.45, 7) is 5.18. The van der Waals surface area contributed by atoms with E-state index in [0.29, 0.717) is 11.8 Å². The summed E-state index contributed by atoms with van der Waals surface area (Å²) in [5.41, 5.74) is 4.03. The summed E-state index contributed by atoms with van der Waals surface area (Å²) in [6.07, 6.45) is 2.11. The summed E-state index contributed by atoms with van der Waals surface area (Å²) in [5.74, 6) is 1.18. The smallest absolute Gasteiger partial charge is 0.0588 e. The minimum absolute atomic E-state index is 0.0757. The van der Waals surface area contributed by atoms with Crippen LogP contribution in [0.4, 0.5) is 5.69 Å². The molecule has 0 aromatic heterocycles. The molecule has 3 atom stereocenters. The van der Waals surface area contributed by atoms with Crippen molar-refractivity contribution in [3.8, 4) is 0 Å². The van der Waals surface area contributed by atoms with E-state index in [1.807, 2.05) is 7.05 Å². The lowest BCUT2D eigenvalue weighted by atomic mass is 10.00. The second kappa shape index (κ2) is 5.14. The van der Waals surface area contributed by atoms with E-state index in [1.54, 1.807) is 0 Å². The third-order valence-corrected chi connectivity index (χ3v) is 4.76. The molecule has 2 N–H and O–H groups in total. The van der Waals surface area contributed by atoms with Crippen LogP contribution in [0.15, 0.2) is 18.2 Å². The van der Waals surface area contributed by atoms with Crippen LogP contribution in [0, 0.1) is 18.8 Å². The Morgan fingerprint density at radius 1 is 1.32 bits per heavy atom. The van der Waals surface area contributed by atoms with Gasteiger partial charge in [0.2, 0.25) is 0 Å². The van der Waals surface area contributed by atoms with Gasteiger partial charge < -0.3 is 15.3 Å². The van der Waals surface area contributed by atoms with E-state index in [9.17, 15) is 5.11 Å². The molecular formula is C16H24N2O. The normalized spacial score (nSPS) is 29.8. The van der Waals surface area contributed by atoms with Gasteiger partial charge in [-0.25, -0.2) is 0 Å². The fourth-order valence-electron chi connectivity index (χ4n) is 3.79. The lowest BCUT2D eigenvalue weighted by Gasteiger charge is -2.24. The van der Waals surface area contributed by atoms with Gasteiger partial charge in [-0.3, -0.25) is 0 Å². The number of rotatable bonds is 3. The molecule has 2 fully saturated rings. The van der Waals surface area contributed by atoms with Crippen LogP contribution in [0.5, 0.6) is 0 Å². The number of nitrogens with zero attached hydrogens (tertiary/aromatic N) is 1. The molecule has 104 valence electrons. The Hall–Kier alpha value is -1.06. The Labute approximate surface area is 115 Å². The van der Waals surface area contributed by atoms with Gasteiger partial charge in [0.25, 0.3) is 0 Å². The molecule has 1 aliphatic heterocycles. The summed E-state index contributed by atoms with van der Waals surface area (Å²) in [4.78, 5) is 2.48. The molecule has 1 aromatic rings. The maximum atomic E-state index is 10.0. The molecule has 3 heteroatoms. The third-order valence-electron chi connectivity index (χ3n) is 4.76. The van der Waals surface area contributed by atoms with Crippen LogP contribution in [-0.2, 0) is 6.54 Å². The van der Waals surface area contributed by atoms with Crippen molar-refractivity contribution in [3.63, 3.8) is 0 Å². The molecule has 2 aliphatic rings. The molecule has 1 saturated carbocycles. The number of nitrogens with one attached hydrogen (secondary N) is 1. The summed E-state index contributed by atoms with van der Waals surface area (Å²) in [7, 11) is 1.99. The van der Waals surface area contributed by atoms with Crippen molar-refractivity contribution in [2.45, 2.75) is 32.4 Å². The van der Waals surface area contributed by atoms with Crippen molar-refractivity contribution >= 4 is 5.69 Å². The van der Waals surface area contributed by atoms with Crippen LogP contribution in [0.25, 0.3) is 0 Å². The van der Waals surface area contributed by atoms with Crippen molar-refractivity contribution in [2.75, 3.05) is 25.0 Å². The number of aryl methyl sites for hydroxylation is 1. The first-order chi connectivity index (χ1) is 9.19. The van der Waals surface area contributed by atoms with Crippen LogP contribution in [0.2, 0.25) is 0 Å². The van der Waals surface area contributed by atoms with E-state index in [0.717, 1.165) is 26.1 Å². The minimum Gasteiger partial charge on any atom is -0.393 e. The zero-order valence-corrected chi connectivity index (χ0v) is 11.9. The number of aliphatic hydroxyl groups is 1. The van der Waals surface area contributed by atoms with Crippen LogP contribution < -0.4 is 10.2 Å². The van der Waals surface area contributed by atoms with Crippen LogP contribution in [0.1, 0.15) is 24.0 Å². The summed E-state index contributed by atoms with van der Waals surface area (Å²) in [5, 5.41) is 13.3. The second-order valence-electron chi connectivity index (χ2n) is 6.14. The van der Waals surface area contributed by atoms with Gasteiger partial charge in [0, 0.05) is 31.2 Å². The molecule has 3 nitrogen and oxygen atoms in total. The lowest BCUT2D eigenvalue weighted by molar-refractivity contribution is 0.133. The molecule has 1 heterocycles. The van der Waals surface area contributed by atoms with Crippen LogP contribution in [-0.4, -0.2) is 31.3 Å². The number of aliphatic hydroxyl groups excluding tert-OH is 1. The number of benzene rings is 1. The maximum absolute atomic E-state index is 10.0. The van der Waals surface area contributed by atoms with Crippen molar-refractivity contribution in [2.24, 2.45) is 11.8 Å². The van der Waals surface area contributed by atoms with Gasteiger partial charge in [0.15, 0.2) is 0 Å². The van der Waals surface area contributed by atoms with Gasteiger partial charge in [-0.05, 0) is 44.4 Å². The predicted octanol–water partition coefficient (Wildman–Crippen LogP) is 1.92. The fraction of sp³-hybridized carbons (Fsp3) is 0.625. The molecule has 3 unspecified atom stereocenters. The highest BCUT2D eigenvalue weighted by Gasteiger charge is 2.42. The zero-order valence-electron chi connectivity index (χ0n) is 11.9. The molecule has 19 heavy (non-hydrogen) atoms. The number of hydrogen-bond donors (Lipinski definition) is 2. The Morgan fingerprint density at radius 2 is 2.16 bits per heavy atom. The van der Waals surface area contributed by atoms with E-state index in [4.69, 9.17) is 0 Å². The molecule has 0 amide bonds. The molecule has 0 radical (unpaired) electrons. The molecular weight excluding hydrogens is 236 g/mol. The van der Waals surface area contributed by atoms with Gasteiger partial charge >= 0.3 is 0 Å². The minimum atomic E-state index is -0.0757. The van der Waals surface area contributed by atoms with E-state index < -0.39 is 0 Å². The molecule has 1 aromatic carbocycles. The SMILES string of the molecule is CNCc1cc(C)ccc1N1CC2CCC(O)C2C1. The van der Waals surface area contributed by atoms with Crippen molar-refractivity contribution in [1.82, 2.24) is 5.32 Å². The Morgan fingerprint density at radius 3 is 2.89 bits per heavy atom. The van der Waals surface area contributed by atoms with Crippen molar-refractivity contribution in [1.29, 1.82) is 0 Å². The molecule has 1 aliphatic carbocycles. The quantitative estimate of drug-likeness (QED) is 0.871. The van der Waals surface area contributed by atoms with Gasteiger partial charge in [0.1, 0.15) is 0 Å². The monoisotopic (exact) mass is 260 g/mol. The molecule has 3 rings (SSSR count). The number of anilines is 1. The van der Waals surface area contributed by atoms with E-state index in [1.165, 1.54) is 23.2 Å². The highest BCUT2D eigenvalue weighted by molar-refractivity contribution is 5.56. The third kappa shape index (κ3) is 2.37. The van der Waals surface area contributed by atoms with Gasteiger partial charge in [-0.1, -0.05) is 17.7 Å². The van der Waals surface area contributed by atoms with E-state index in [2.05, 4.69) is 35.3 Å². The lowest BCUT2D eigenvalue weighted by Crippen LogP contribution is -2.26. The first-order valence-corrected chi connectivity index (χ1v) is 7.36. The number of hydrogen-bond acceptors (Lipinski definition) is 3. The Kier molecular flexibility index (Phi) is 3.50. The average molecular weight is 260 g/mol. The standard InChI is InChI=1S/C16H24N2O/c1-11-3-5-15(13(7-11)8-17-2)18-9-12-4-6-16(19)14(12)10-18/h3,5,7,12,14,16-17,19H,4,6,8-10H2,1-2H3. The largest absolute Gasteiger partial charge is 0.393 e. The maximum Gasteiger partial charge on any atom is 0.0588 e. The topological polar surface area (TPSA) is 35.5 Å². The van der Waals surface area contributed by atoms with Crippen molar-refractivity contribution < 1.29 is 5.11 Å². The average Bonchev–Trinajstić information content (AvgIpc) is 2.93. The van der Waals surface area contributed by atoms with Crippen LogP contribution >= 0.6 is 0 Å². The van der Waals surface area contributed by atoms with Gasteiger partial charge in [-0.2, -0.15) is 0 Å². The highest BCUT2D eigenvalue weighted by Crippen LogP contribution is 2.40. The fourth-order valence-corrected chi connectivity index (χ4v) is 3.79. The molecule has 1 saturated heterocycles. The van der Waals surface area contributed by atoms with E-state index >= 15 is 0 Å². The summed E-state index contributed by atoms with van der Waals surface area (Å²) in [6, 6.07) is 6.71.